The van der Waals surface area contributed by atoms with Gasteiger partial charge in [-0.15, -0.1) is 0 Å². The average Bonchev–Trinajstić information content (AvgIpc) is 2.88. The van der Waals surface area contributed by atoms with Crippen LogP contribution < -0.4 is 5.32 Å². The standard InChI is InChI=1S/C12H21N3/c1-3-10(2)12-7-14-9-15(12)8-11-4-5-13-6-11/h7,9-11,13H,3-6,8H2,1-2H3. The minimum absolute atomic E-state index is 0.627. The van der Waals surface area contributed by atoms with Crippen LogP contribution in [-0.4, -0.2) is 22.6 Å². The van der Waals surface area contributed by atoms with Crippen LogP contribution in [0.5, 0.6) is 0 Å². The number of hydrogen-bond acceptors (Lipinski definition) is 2. The van der Waals surface area contributed by atoms with Crippen molar-refractivity contribution < 1.29 is 0 Å². The van der Waals surface area contributed by atoms with Crippen LogP contribution in [0.1, 0.15) is 38.3 Å². The van der Waals surface area contributed by atoms with Gasteiger partial charge in [0.2, 0.25) is 0 Å². The molecule has 2 atom stereocenters. The molecule has 1 saturated heterocycles. The summed E-state index contributed by atoms with van der Waals surface area (Å²) in [5.74, 6) is 1.42. The summed E-state index contributed by atoms with van der Waals surface area (Å²) in [5.41, 5.74) is 1.39. The van der Waals surface area contributed by atoms with Crippen LogP contribution in [0.4, 0.5) is 0 Å². The van der Waals surface area contributed by atoms with Crippen molar-refractivity contribution >= 4 is 0 Å². The number of aromatic nitrogens is 2. The predicted molar refractivity (Wildman–Crippen MR) is 61.9 cm³/mol. The van der Waals surface area contributed by atoms with Gasteiger partial charge in [-0.3, -0.25) is 0 Å². The van der Waals surface area contributed by atoms with E-state index in [9.17, 15) is 0 Å². The third-order valence-corrected chi connectivity index (χ3v) is 3.48. The number of rotatable bonds is 4. The lowest BCUT2D eigenvalue weighted by atomic mass is 10.0. The molecule has 3 heteroatoms. The second-order valence-corrected chi connectivity index (χ2v) is 4.64. The molecule has 0 saturated carbocycles. The smallest absolute Gasteiger partial charge is 0.0948 e. The maximum absolute atomic E-state index is 4.28. The molecular formula is C12H21N3. The summed E-state index contributed by atoms with van der Waals surface area (Å²) in [5, 5.41) is 3.41. The fourth-order valence-corrected chi connectivity index (χ4v) is 2.25. The maximum atomic E-state index is 4.28. The van der Waals surface area contributed by atoms with E-state index in [2.05, 4.69) is 28.7 Å². The zero-order valence-electron chi connectivity index (χ0n) is 9.74. The first-order valence-corrected chi connectivity index (χ1v) is 6.02. The van der Waals surface area contributed by atoms with Crippen molar-refractivity contribution in [2.45, 2.75) is 39.2 Å². The van der Waals surface area contributed by atoms with Crippen molar-refractivity contribution in [1.29, 1.82) is 0 Å². The Morgan fingerprint density at radius 3 is 3.20 bits per heavy atom. The van der Waals surface area contributed by atoms with Crippen molar-refractivity contribution in [3.63, 3.8) is 0 Å². The largest absolute Gasteiger partial charge is 0.334 e. The van der Waals surface area contributed by atoms with E-state index in [1.54, 1.807) is 0 Å². The lowest BCUT2D eigenvalue weighted by molar-refractivity contribution is 0.462. The molecule has 0 bridgehead atoms. The molecule has 2 heterocycles. The van der Waals surface area contributed by atoms with E-state index in [1.807, 2.05) is 12.5 Å². The highest BCUT2D eigenvalue weighted by Gasteiger charge is 2.17. The summed E-state index contributed by atoms with van der Waals surface area (Å²) >= 11 is 0. The van der Waals surface area contributed by atoms with Crippen LogP contribution in [0.3, 0.4) is 0 Å². The summed E-state index contributed by atoms with van der Waals surface area (Å²) in [6.45, 7) is 7.99. The third kappa shape index (κ3) is 2.40. The highest BCUT2D eigenvalue weighted by molar-refractivity contribution is 5.05. The van der Waals surface area contributed by atoms with Gasteiger partial charge in [0.05, 0.1) is 6.33 Å². The van der Waals surface area contributed by atoms with Gasteiger partial charge in [0.1, 0.15) is 0 Å². The Morgan fingerprint density at radius 1 is 1.67 bits per heavy atom. The Hall–Kier alpha value is -0.830. The molecule has 1 aromatic rings. The van der Waals surface area contributed by atoms with Crippen LogP contribution in [0.15, 0.2) is 12.5 Å². The summed E-state index contributed by atoms with van der Waals surface area (Å²) in [7, 11) is 0. The van der Waals surface area contributed by atoms with Crippen molar-refractivity contribution in [3.05, 3.63) is 18.2 Å². The van der Waals surface area contributed by atoms with E-state index < -0.39 is 0 Å². The highest BCUT2D eigenvalue weighted by atomic mass is 15.1. The molecule has 15 heavy (non-hydrogen) atoms. The monoisotopic (exact) mass is 207 g/mol. The van der Waals surface area contributed by atoms with Crippen molar-refractivity contribution in [2.24, 2.45) is 5.92 Å². The molecule has 0 amide bonds. The number of nitrogens with one attached hydrogen (secondary N) is 1. The zero-order valence-corrected chi connectivity index (χ0v) is 9.74. The van der Waals surface area contributed by atoms with E-state index in [0.717, 1.165) is 19.0 Å². The second kappa shape index (κ2) is 4.79. The van der Waals surface area contributed by atoms with Gasteiger partial charge in [-0.25, -0.2) is 4.98 Å². The quantitative estimate of drug-likeness (QED) is 0.818. The van der Waals surface area contributed by atoms with Crippen LogP contribution in [0, 0.1) is 5.92 Å². The van der Waals surface area contributed by atoms with Gasteiger partial charge in [-0.2, -0.15) is 0 Å². The van der Waals surface area contributed by atoms with Crippen molar-refractivity contribution in [2.75, 3.05) is 13.1 Å². The predicted octanol–water partition coefficient (Wildman–Crippen LogP) is 2.01. The maximum Gasteiger partial charge on any atom is 0.0948 e. The molecule has 2 rings (SSSR count). The minimum Gasteiger partial charge on any atom is -0.334 e. The Bertz CT molecular complexity index is 300. The summed E-state index contributed by atoms with van der Waals surface area (Å²) in [6, 6.07) is 0. The summed E-state index contributed by atoms with van der Waals surface area (Å²) in [4.78, 5) is 4.28. The fraction of sp³-hybridized carbons (Fsp3) is 0.750. The van der Waals surface area contributed by atoms with E-state index >= 15 is 0 Å². The molecule has 1 N–H and O–H groups in total. The Labute approximate surface area is 91.9 Å². The summed E-state index contributed by atoms with van der Waals surface area (Å²) < 4.78 is 2.34. The molecule has 1 aliphatic heterocycles. The first-order valence-electron chi connectivity index (χ1n) is 6.02. The van der Waals surface area contributed by atoms with E-state index in [1.165, 1.54) is 25.1 Å². The van der Waals surface area contributed by atoms with Crippen LogP contribution in [-0.2, 0) is 6.54 Å². The third-order valence-electron chi connectivity index (χ3n) is 3.48. The SMILES string of the molecule is CCC(C)c1cncn1CC1CCNC1. The molecule has 0 aliphatic carbocycles. The molecule has 0 radical (unpaired) electrons. The van der Waals surface area contributed by atoms with Gasteiger partial charge in [0.25, 0.3) is 0 Å². The van der Waals surface area contributed by atoms with Gasteiger partial charge < -0.3 is 9.88 Å². The van der Waals surface area contributed by atoms with Crippen molar-refractivity contribution in [3.8, 4) is 0 Å². The first-order chi connectivity index (χ1) is 7.31. The molecule has 84 valence electrons. The Balaban J connectivity index is 2.03. The molecule has 0 spiro atoms. The van der Waals surface area contributed by atoms with Crippen LogP contribution in [0.25, 0.3) is 0 Å². The highest BCUT2D eigenvalue weighted by Crippen LogP contribution is 2.20. The minimum atomic E-state index is 0.627. The normalized spacial score (nSPS) is 23.2. The zero-order chi connectivity index (χ0) is 10.7. The molecule has 0 aromatic carbocycles. The molecule has 1 fully saturated rings. The van der Waals surface area contributed by atoms with E-state index in [-0.39, 0.29) is 0 Å². The Kier molecular flexibility index (Phi) is 3.41. The van der Waals surface area contributed by atoms with Crippen LogP contribution in [0.2, 0.25) is 0 Å². The number of nitrogens with zero attached hydrogens (tertiary/aromatic N) is 2. The van der Waals surface area contributed by atoms with Crippen LogP contribution >= 0.6 is 0 Å². The van der Waals surface area contributed by atoms with Gasteiger partial charge in [0, 0.05) is 18.4 Å². The lowest BCUT2D eigenvalue weighted by Gasteiger charge is -2.15. The number of hydrogen-bond donors (Lipinski definition) is 1. The fourth-order valence-electron chi connectivity index (χ4n) is 2.25. The van der Waals surface area contributed by atoms with Crippen molar-refractivity contribution in [1.82, 2.24) is 14.9 Å². The summed E-state index contributed by atoms with van der Waals surface area (Å²) in [6.07, 6.45) is 6.50. The molecule has 1 aromatic heterocycles. The van der Waals surface area contributed by atoms with Gasteiger partial charge in [0.15, 0.2) is 0 Å². The number of imidazole rings is 1. The first kappa shape index (κ1) is 10.7. The molecule has 2 unspecified atom stereocenters. The molecule has 3 nitrogen and oxygen atoms in total. The van der Waals surface area contributed by atoms with Gasteiger partial charge >= 0.3 is 0 Å². The van der Waals surface area contributed by atoms with E-state index in [0.29, 0.717) is 5.92 Å². The lowest BCUT2D eigenvalue weighted by Crippen LogP contribution is -2.16. The molecular weight excluding hydrogens is 186 g/mol. The topological polar surface area (TPSA) is 29.9 Å². The molecule has 1 aliphatic rings. The second-order valence-electron chi connectivity index (χ2n) is 4.64. The van der Waals surface area contributed by atoms with Gasteiger partial charge in [-0.1, -0.05) is 13.8 Å². The Morgan fingerprint density at radius 2 is 2.53 bits per heavy atom. The van der Waals surface area contributed by atoms with E-state index in [4.69, 9.17) is 0 Å². The van der Waals surface area contributed by atoms with Gasteiger partial charge in [-0.05, 0) is 37.8 Å². The average molecular weight is 207 g/mol.